The van der Waals surface area contributed by atoms with Gasteiger partial charge in [-0.15, -0.1) is 0 Å². The fourth-order valence-corrected chi connectivity index (χ4v) is 6.06. The molecule has 0 rings (SSSR count). The molecule has 0 aromatic rings. The molecule has 4 amide bonds. The first-order chi connectivity index (χ1) is 30.9. The van der Waals surface area contributed by atoms with Crippen molar-refractivity contribution >= 4 is 47.5 Å². The van der Waals surface area contributed by atoms with Crippen molar-refractivity contribution < 1.29 is 65.3 Å². The summed E-state index contributed by atoms with van der Waals surface area (Å²) in [6.07, 6.45) is 18.7. The van der Waals surface area contributed by atoms with Gasteiger partial charge in [-0.3, -0.25) is 29.2 Å². The van der Waals surface area contributed by atoms with Crippen molar-refractivity contribution in [1.29, 1.82) is 0 Å². The highest BCUT2D eigenvalue weighted by atomic mass is 19.4. The zero-order valence-corrected chi connectivity index (χ0v) is 38.6. The lowest BCUT2D eigenvalue weighted by molar-refractivity contribution is -0.193. The van der Waals surface area contributed by atoms with Gasteiger partial charge in [-0.05, 0) is 32.1 Å². The number of aliphatic carboxylic acids is 2. The SMILES string of the molecule is CCCCCCCCCCCCCCCCCCCCCCCC(=O)NCC(=O)N[C@@H](CCCN=C(N)N)C(=O)N[C@@H](CCCN=C(N)N)C(N)=O.O=C(O)C(F)(F)F.O=C(O)C(F)(F)F. The van der Waals surface area contributed by atoms with Gasteiger partial charge in [0.2, 0.25) is 23.6 Å². The van der Waals surface area contributed by atoms with Crippen LogP contribution in [0.5, 0.6) is 0 Å². The molecule has 0 saturated heterocycles. The molecule has 0 bridgehead atoms. The van der Waals surface area contributed by atoms with Gasteiger partial charge in [0.15, 0.2) is 11.9 Å². The van der Waals surface area contributed by atoms with Crippen LogP contribution in [0.1, 0.15) is 174 Å². The summed E-state index contributed by atoms with van der Waals surface area (Å²) < 4.78 is 63.5. The Kier molecular flexibility index (Phi) is 40.9. The van der Waals surface area contributed by atoms with Crippen LogP contribution in [0.25, 0.3) is 0 Å². The average molecular weight is 965 g/mol. The molecular weight excluding hydrogens is 887 g/mol. The fraction of sp³-hybridized carbons (Fsp3) is 0.810. The van der Waals surface area contributed by atoms with E-state index in [-0.39, 0.29) is 50.3 Å². The number of carboxylic acid groups (broad SMARTS) is 2. The summed E-state index contributed by atoms with van der Waals surface area (Å²) >= 11 is 0. The van der Waals surface area contributed by atoms with Gasteiger partial charge in [0.05, 0.1) is 6.54 Å². The first-order valence-corrected chi connectivity index (χ1v) is 22.8. The number of alkyl halides is 6. The summed E-state index contributed by atoms with van der Waals surface area (Å²) in [6, 6.07) is -1.97. The molecule has 66 heavy (non-hydrogen) atoms. The molecule has 0 aromatic carbocycles. The molecule has 24 heteroatoms. The number of guanidine groups is 2. The topological polar surface area (TPSA) is 334 Å². The second kappa shape index (κ2) is 41.4. The van der Waals surface area contributed by atoms with Gasteiger partial charge in [0.1, 0.15) is 12.1 Å². The predicted octanol–water partition coefficient (Wildman–Crippen LogP) is 5.53. The first-order valence-electron chi connectivity index (χ1n) is 22.8. The van der Waals surface area contributed by atoms with Crippen LogP contribution >= 0.6 is 0 Å². The number of amides is 4. The minimum Gasteiger partial charge on any atom is -0.475 e. The van der Waals surface area contributed by atoms with Gasteiger partial charge >= 0.3 is 24.3 Å². The minimum absolute atomic E-state index is 0.0776. The molecular formula is C42H78F6N10O8. The second-order valence-electron chi connectivity index (χ2n) is 15.7. The number of carboxylic acids is 2. The van der Waals surface area contributed by atoms with Crippen LogP contribution in [0.2, 0.25) is 0 Å². The summed E-state index contributed by atoms with van der Waals surface area (Å²) in [5, 5.41) is 22.1. The Hall–Kier alpha value is -5.06. The van der Waals surface area contributed by atoms with Crippen molar-refractivity contribution in [1.82, 2.24) is 16.0 Å². The lowest BCUT2D eigenvalue weighted by Crippen LogP contribution is -2.54. The van der Waals surface area contributed by atoms with E-state index in [1.807, 2.05) is 0 Å². The zero-order valence-electron chi connectivity index (χ0n) is 38.6. The quantitative estimate of drug-likeness (QED) is 0.0160. The number of hydrogen-bond acceptors (Lipinski definition) is 8. The summed E-state index contributed by atoms with van der Waals surface area (Å²) in [5.74, 6) is -7.73. The number of nitrogens with one attached hydrogen (secondary N) is 3. The standard InChI is InChI=1S/C38H76N10O4.2C2HF3O2/c1-2-3-4-5-6-7-8-9-10-11-12-13-14-15-16-17-18-19-20-21-22-27-33(49)46-30-34(50)47-32(26-24-29-45-38(42)43)36(52)48-31(35(39)51)25-23-28-44-37(40)41;2*3-2(4,5)1(6)7/h31-32H,2-30H2,1H3,(H2,39,51)(H,46,49)(H,47,50)(H,48,52)(H4,40,41,44)(H4,42,43,45);2*(H,6,7)/t31-,32-;;/m0../s1. The molecule has 0 aliphatic rings. The number of nitrogens with two attached hydrogens (primary N) is 5. The monoisotopic (exact) mass is 965 g/mol. The van der Waals surface area contributed by atoms with Crippen molar-refractivity contribution in [2.75, 3.05) is 19.6 Å². The van der Waals surface area contributed by atoms with Crippen LogP contribution in [-0.2, 0) is 28.8 Å². The number of rotatable bonds is 36. The smallest absolute Gasteiger partial charge is 0.475 e. The van der Waals surface area contributed by atoms with E-state index in [0.717, 1.165) is 19.3 Å². The number of unbranched alkanes of at least 4 members (excludes halogenated alkanes) is 20. The van der Waals surface area contributed by atoms with E-state index in [1.165, 1.54) is 116 Å². The summed E-state index contributed by atoms with van der Waals surface area (Å²) in [5.41, 5.74) is 26.9. The maximum Gasteiger partial charge on any atom is 0.490 e. The molecule has 0 aromatic heterocycles. The molecule has 0 fully saturated rings. The molecule has 15 N–H and O–H groups in total. The van der Waals surface area contributed by atoms with Gasteiger partial charge in [-0.25, -0.2) is 9.59 Å². The van der Waals surface area contributed by atoms with E-state index in [4.69, 9.17) is 48.5 Å². The van der Waals surface area contributed by atoms with Crippen LogP contribution in [-0.4, -0.2) is 102 Å². The Morgan fingerprint density at radius 1 is 0.485 bits per heavy atom. The molecule has 386 valence electrons. The van der Waals surface area contributed by atoms with Crippen molar-refractivity contribution in [2.45, 2.75) is 198 Å². The third kappa shape index (κ3) is 46.9. The molecule has 0 spiro atoms. The fourth-order valence-electron chi connectivity index (χ4n) is 6.06. The molecule has 0 saturated carbocycles. The van der Waals surface area contributed by atoms with Gasteiger partial charge in [0.25, 0.3) is 0 Å². The molecule has 18 nitrogen and oxygen atoms in total. The highest BCUT2D eigenvalue weighted by Gasteiger charge is 2.39. The second-order valence-corrected chi connectivity index (χ2v) is 15.7. The van der Waals surface area contributed by atoms with Gasteiger partial charge in [-0.2, -0.15) is 26.3 Å². The third-order valence-corrected chi connectivity index (χ3v) is 9.64. The first kappa shape index (κ1) is 65.2. The predicted molar refractivity (Wildman–Crippen MR) is 241 cm³/mol. The summed E-state index contributed by atoms with van der Waals surface area (Å²) in [4.78, 5) is 75.5. The van der Waals surface area contributed by atoms with Gasteiger partial charge in [0, 0.05) is 19.5 Å². The molecule has 0 unspecified atom stereocenters. The van der Waals surface area contributed by atoms with Crippen molar-refractivity contribution in [3.8, 4) is 0 Å². The van der Waals surface area contributed by atoms with Crippen LogP contribution in [0.4, 0.5) is 26.3 Å². The van der Waals surface area contributed by atoms with Crippen LogP contribution in [0.15, 0.2) is 9.98 Å². The van der Waals surface area contributed by atoms with E-state index in [0.29, 0.717) is 19.3 Å². The van der Waals surface area contributed by atoms with Gasteiger partial charge in [-0.1, -0.05) is 135 Å². The van der Waals surface area contributed by atoms with E-state index in [2.05, 4.69) is 32.9 Å². The molecule has 0 radical (unpaired) electrons. The van der Waals surface area contributed by atoms with Crippen molar-refractivity contribution in [3.63, 3.8) is 0 Å². The maximum absolute atomic E-state index is 13.0. The summed E-state index contributed by atoms with van der Waals surface area (Å²) in [7, 11) is 0. The third-order valence-electron chi connectivity index (χ3n) is 9.64. The summed E-state index contributed by atoms with van der Waals surface area (Å²) in [6.45, 7) is 2.51. The average Bonchev–Trinajstić information content (AvgIpc) is 3.22. The van der Waals surface area contributed by atoms with E-state index in [9.17, 15) is 45.5 Å². The normalized spacial score (nSPS) is 11.9. The van der Waals surface area contributed by atoms with Crippen molar-refractivity contribution in [3.05, 3.63) is 0 Å². The highest BCUT2D eigenvalue weighted by molar-refractivity contribution is 5.92. The molecule has 0 aliphatic heterocycles. The Balaban J connectivity index is -0.00000242. The Morgan fingerprint density at radius 3 is 1.11 bits per heavy atom. The van der Waals surface area contributed by atoms with E-state index >= 15 is 0 Å². The molecule has 0 aliphatic carbocycles. The Bertz CT molecular complexity index is 1370. The number of primary amides is 1. The number of aliphatic imine (C=N–C) groups is 2. The highest BCUT2D eigenvalue weighted by Crippen LogP contribution is 2.16. The number of carbonyl (C=O) groups excluding carboxylic acids is 4. The maximum atomic E-state index is 13.0. The number of nitrogens with zero attached hydrogens (tertiary/aromatic N) is 2. The molecule has 2 atom stereocenters. The Morgan fingerprint density at radius 2 is 0.803 bits per heavy atom. The largest absolute Gasteiger partial charge is 0.490 e. The van der Waals surface area contributed by atoms with E-state index < -0.39 is 54.1 Å². The van der Waals surface area contributed by atoms with Crippen LogP contribution < -0.4 is 44.6 Å². The lowest BCUT2D eigenvalue weighted by atomic mass is 10.0. The van der Waals surface area contributed by atoms with Crippen molar-refractivity contribution in [2.24, 2.45) is 38.7 Å². The van der Waals surface area contributed by atoms with Gasteiger partial charge < -0.3 is 54.8 Å². The van der Waals surface area contributed by atoms with E-state index in [1.54, 1.807) is 0 Å². The molecule has 0 heterocycles. The number of hydrogen-bond donors (Lipinski definition) is 10. The van der Waals surface area contributed by atoms with Crippen LogP contribution in [0, 0.1) is 0 Å². The number of halogens is 6. The zero-order chi connectivity index (χ0) is 50.8. The minimum atomic E-state index is -5.08. The number of carbonyl (C=O) groups is 6. The Labute approximate surface area is 384 Å². The van der Waals surface area contributed by atoms with Crippen LogP contribution in [0.3, 0.4) is 0 Å². The lowest BCUT2D eigenvalue weighted by Gasteiger charge is -2.22.